The second-order valence-electron chi connectivity index (χ2n) is 7.04. The molecule has 1 aromatic rings. The van der Waals surface area contributed by atoms with Crippen LogP contribution in [0.3, 0.4) is 0 Å². The monoisotopic (exact) mass is 281 g/mol. The number of thiophene rings is 1. The summed E-state index contributed by atoms with van der Waals surface area (Å²) in [5, 5.41) is 5.96. The van der Waals surface area contributed by atoms with Crippen LogP contribution < -0.4 is 5.32 Å². The molecule has 0 saturated heterocycles. The van der Waals surface area contributed by atoms with E-state index < -0.39 is 0 Å². The summed E-state index contributed by atoms with van der Waals surface area (Å²) in [5.41, 5.74) is 1.94. The van der Waals surface area contributed by atoms with Crippen LogP contribution in [-0.2, 0) is 0 Å². The minimum absolute atomic E-state index is 0.429. The van der Waals surface area contributed by atoms with Crippen LogP contribution in [0.15, 0.2) is 11.4 Å². The van der Waals surface area contributed by atoms with Crippen LogP contribution >= 0.6 is 11.3 Å². The largest absolute Gasteiger partial charge is 0.310 e. The van der Waals surface area contributed by atoms with Crippen LogP contribution in [0.2, 0.25) is 0 Å². The van der Waals surface area contributed by atoms with Gasteiger partial charge < -0.3 is 5.32 Å². The first kappa shape index (κ1) is 16.7. The molecule has 0 amide bonds. The lowest BCUT2D eigenvalue weighted by molar-refractivity contribution is 0.275. The zero-order chi connectivity index (χ0) is 14.5. The highest BCUT2D eigenvalue weighted by Crippen LogP contribution is 2.32. The molecule has 0 radical (unpaired) electrons. The van der Waals surface area contributed by atoms with Crippen LogP contribution in [0.25, 0.3) is 0 Å². The van der Waals surface area contributed by atoms with Gasteiger partial charge in [-0.3, -0.25) is 0 Å². The fourth-order valence-electron chi connectivity index (χ4n) is 2.93. The molecule has 0 aliphatic carbocycles. The average molecular weight is 282 g/mol. The third-order valence-electron chi connectivity index (χ3n) is 3.51. The number of nitrogens with one attached hydrogen (secondary N) is 1. The lowest BCUT2D eigenvalue weighted by atomic mass is 9.82. The molecular weight excluding hydrogens is 250 g/mol. The molecule has 2 unspecified atom stereocenters. The summed E-state index contributed by atoms with van der Waals surface area (Å²) in [6, 6.07) is 2.83. The molecule has 1 heterocycles. The van der Waals surface area contributed by atoms with E-state index in [1.54, 1.807) is 0 Å². The van der Waals surface area contributed by atoms with Crippen molar-refractivity contribution in [3.8, 4) is 0 Å². The molecule has 0 saturated carbocycles. The van der Waals surface area contributed by atoms with Crippen molar-refractivity contribution in [1.29, 1.82) is 0 Å². The Morgan fingerprint density at radius 1 is 1.32 bits per heavy atom. The number of aryl methyl sites for hydroxylation is 1. The normalized spacial score (nSPS) is 15.5. The quantitative estimate of drug-likeness (QED) is 0.690. The van der Waals surface area contributed by atoms with E-state index in [1.165, 1.54) is 29.7 Å². The van der Waals surface area contributed by atoms with Crippen LogP contribution in [0.4, 0.5) is 0 Å². The van der Waals surface area contributed by atoms with Crippen molar-refractivity contribution in [3.05, 3.63) is 21.9 Å². The summed E-state index contributed by atoms with van der Waals surface area (Å²) in [6.45, 7) is 15.0. The summed E-state index contributed by atoms with van der Waals surface area (Å²) in [5.74, 6) is 0.758. The maximum absolute atomic E-state index is 3.74. The van der Waals surface area contributed by atoms with Crippen molar-refractivity contribution in [2.24, 2.45) is 11.3 Å². The van der Waals surface area contributed by atoms with Crippen molar-refractivity contribution in [2.75, 3.05) is 6.54 Å². The third-order valence-corrected chi connectivity index (χ3v) is 4.38. The van der Waals surface area contributed by atoms with Crippen molar-refractivity contribution in [3.63, 3.8) is 0 Å². The third kappa shape index (κ3) is 6.09. The van der Waals surface area contributed by atoms with Gasteiger partial charge in [0.15, 0.2) is 0 Å². The van der Waals surface area contributed by atoms with Gasteiger partial charge >= 0.3 is 0 Å². The van der Waals surface area contributed by atoms with Gasteiger partial charge in [-0.25, -0.2) is 0 Å². The van der Waals surface area contributed by atoms with Crippen LogP contribution in [0.5, 0.6) is 0 Å². The predicted octanol–water partition coefficient (Wildman–Crippen LogP) is 5.56. The number of hydrogen-bond acceptors (Lipinski definition) is 2. The van der Waals surface area contributed by atoms with E-state index >= 15 is 0 Å². The summed E-state index contributed by atoms with van der Waals surface area (Å²) in [4.78, 5) is 1.47. The Bertz CT molecular complexity index is 362. The SMILES string of the molecule is CCCNC(CC(C)CC(C)(C)C)c1ccsc1C. The first-order valence-electron chi connectivity index (χ1n) is 7.61. The first-order valence-corrected chi connectivity index (χ1v) is 8.49. The zero-order valence-corrected chi connectivity index (χ0v) is 14.4. The molecule has 1 aromatic heterocycles. The Labute approximate surface area is 123 Å². The topological polar surface area (TPSA) is 12.0 Å². The van der Waals surface area contributed by atoms with Gasteiger partial charge in [0.2, 0.25) is 0 Å². The molecule has 1 N–H and O–H groups in total. The minimum atomic E-state index is 0.429. The first-order chi connectivity index (χ1) is 8.83. The molecule has 1 nitrogen and oxygen atoms in total. The summed E-state index contributed by atoms with van der Waals surface area (Å²) < 4.78 is 0. The fraction of sp³-hybridized carbons (Fsp3) is 0.765. The summed E-state index contributed by atoms with van der Waals surface area (Å²) in [6.07, 6.45) is 3.74. The van der Waals surface area contributed by atoms with Gasteiger partial charge in [0.1, 0.15) is 0 Å². The van der Waals surface area contributed by atoms with Gasteiger partial charge in [-0.2, -0.15) is 0 Å². The maximum atomic E-state index is 3.74. The molecule has 0 bridgehead atoms. The molecule has 0 fully saturated rings. The second kappa shape index (κ2) is 7.44. The van der Waals surface area contributed by atoms with E-state index in [0.717, 1.165) is 12.5 Å². The van der Waals surface area contributed by atoms with E-state index in [2.05, 4.69) is 58.3 Å². The van der Waals surface area contributed by atoms with E-state index in [4.69, 9.17) is 0 Å². The average Bonchev–Trinajstić information content (AvgIpc) is 2.68. The van der Waals surface area contributed by atoms with Crippen LogP contribution in [-0.4, -0.2) is 6.54 Å². The van der Waals surface area contributed by atoms with Crippen molar-refractivity contribution >= 4 is 11.3 Å². The highest BCUT2D eigenvalue weighted by molar-refractivity contribution is 7.10. The molecule has 0 aromatic carbocycles. The van der Waals surface area contributed by atoms with E-state index in [9.17, 15) is 0 Å². The molecule has 0 spiro atoms. The van der Waals surface area contributed by atoms with Crippen LogP contribution in [0, 0.1) is 18.3 Å². The fourth-order valence-corrected chi connectivity index (χ4v) is 3.69. The molecule has 110 valence electrons. The lowest BCUT2D eigenvalue weighted by Gasteiger charge is -2.27. The van der Waals surface area contributed by atoms with Crippen molar-refractivity contribution < 1.29 is 0 Å². The molecule has 1 rings (SSSR count). The van der Waals surface area contributed by atoms with Gasteiger partial charge in [0, 0.05) is 10.9 Å². The Balaban J connectivity index is 2.67. The highest BCUT2D eigenvalue weighted by Gasteiger charge is 2.21. The Morgan fingerprint density at radius 3 is 2.47 bits per heavy atom. The zero-order valence-electron chi connectivity index (χ0n) is 13.5. The van der Waals surface area contributed by atoms with E-state index in [-0.39, 0.29) is 0 Å². The number of hydrogen-bond donors (Lipinski definition) is 1. The molecule has 2 heteroatoms. The number of rotatable bonds is 7. The van der Waals surface area contributed by atoms with Crippen LogP contribution in [0.1, 0.15) is 70.4 Å². The molecular formula is C17H31NS. The standard InChI is InChI=1S/C17H31NS/c1-7-9-18-16(15-8-10-19-14(15)3)11-13(2)12-17(4,5)6/h8,10,13,16,18H,7,9,11-12H2,1-6H3. The Morgan fingerprint density at radius 2 is 2.00 bits per heavy atom. The summed E-state index contributed by atoms with van der Waals surface area (Å²) >= 11 is 1.87. The smallest absolute Gasteiger partial charge is 0.0333 e. The van der Waals surface area contributed by atoms with Gasteiger partial charge in [-0.15, -0.1) is 11.3 Å². The molecule has 0 aliphatic rings. The van der Waals surface area contributed by atoms with Gasteiger partial charge in [0.25, 0.3) is 0 Å². The Kier molecular flexibility index (Phi) is 6.55. The lowest BCUT2D eigenvalue weighted by Crippen LogP contribution is -2.25. The van der Waals surface area contributed by atoms with E-state index in [1.807, 2.05) is 11.3 Å². The predicted molar refractivity (Wildman–Crippen MR) is 87.9 cm³/mol. The minimum Gasteiger partial charge on any atom is -0.310 e. The van der Waals surface area contributed by atoms with Crippen molar-refractivity contribution in [1.82, 2.24) is 5.32 Å². The molecule has 19 heavy (non-hydrogen) atoms. The van der Waals surface area contributed by atoms with E-state index in [0.29, 0.717) is 11.5 Å². The van der Waals surface area contributed by atoms with Gasteiger partial charge in [-0.1, -0.05) is 34.6 Å². The Hall–Kier alpha value is -0.340. The molecule has 2 atom stereocenters. The van der Waals surface area contributed by atoms with Gasteiger partial charge in [0.05, 0.1) is 0 Å². The molecule has 0 aliphatic heterocycles. The second-order valence-corrected chi connectivity index (χ2v) is 8.16. The van der Waals surface area contributed by atoms with Gasteiger partial charge in [-0.05, 0) is 61.1 Å². The van der Waals surface area contributed by atoms with Crippen molar-refractivity contribution in [2.45, 2.75) is 66.8 Å². The summed E-state index contributed by atoms with van der Waals surface area (Å²) in [7, 11) is 0. The highest BCUT2D eigenvalue weighted by atomic mass is 32.1. The maximum Gasteiger partial charge on any atom is 0.0333 e.